The van der Waals surface area contributed by atoms with Gasteiger partial charge in [-0.3, -0.25) is 4.90 Å². The lowest BCUT2D eigenvalue weighted by atomic mass is 9.97. The van der Waals surface area contributed by atoms with E-state index in [1.54, 1.807) is 0 Å². The van der Waals surface area contributed by atoms with Crippen molar-refractivity contribution in [1.29, 1.82) is 0 Å². The zero-order chi connectivity index (χ0) is 11.9. The third kappa shape index (κ3) is 4.92. The molecule has 0 bridgehead atoms. The Kier molecular flexibility index (Phi) is 5.71. The van der Waals surface area contributed by atoms with Crippen LogP contribution in [0.25, 0.3) is 0 Å². The van der Waals surface area contributed by atoms with Gasteiger partial charge >= 0.3 is 0 Å². The molecule has 2 aliphatic rings. The first-order chi connectivity index (χ1) is 8.34. The Morgan fingerprint density at radius 3 is 2.53 bits per heavy atom. The zero-order valence-corrected chi connectivity index (χ0v) is 11.2. The summed E-state index contributed by atoms with van der Waals surface area (Å²) >= 11 is 0. The topological polar surface area (TPSA) is 30.5 Å². The van der Waals surface area contributed by atoms with Crippen LogP contribution in [0.3, 0.4) is 0 Å². The van der Waals surface area contributed by atoms with Gasteiger partial charge in [-0.25, -0.2) is 0 Å². The summed E-state index contributed by atoms with van der Waals surface area (Å²) in [7, 11) is 2.23. The molecular weight excluding hydrogens is 212 g/mol. The van der Waals surface area contributed by atoms with Crippen LogP contribution in [0.2, 0.25) is 0 Å². The summed E-state index contributed by atoms with van der Waals surface area (Å²) in [5, 5.41) is 7.03. The van der Waals surface area contributed by atoms with E-state index in [0.717, 1.165) is 25.6 Å². The molecule has 0 aromatic heterocycles. The summed E-state index contributed by atoms with van der Waals surface area (Å²) in [6.45, 7) is 10.9. The maximum atomic E-state index is 3.64. The first kappa shape index (κ1) is 13.3. The van der Waals surface area contributed by atoms with Gasteiger partial charge in [0.05, 0.1) is 0 Å². The van der Waals surface area contributed by atoms with Gasteiger partial charge in [-0.15, -0.1) is 0 Å². The van der Waals surface area contributed by atoms with E-state index >= 15 is 0 Å². The van der Waals surface area contributed by atoms with Gasteiger partial charge in [0.25, 0.3) is 0 Å². The molecule has 2 rings (SSSR count). The third-order valence-corrected chi connectivity index (χ3v) is 4.09. The molecule has 0 aliphatic carbocycles. The van der Waals surface area contributed by atoms with Crippen molar-refractivity contribution in [2.45, 2.75) is 12.8 Å². The van der Waals surface area contributed by atoms with Gasteiger partial charge in [-0.05, 0) is 45.4 Å². The molecule has 2 N–H and O–H groups in total. The number of rotatable bonds is 5. The maximum absolute atomic E-state index is 3.64. The Labute approximate surface area is 106 Å². The second-order valence-electron chi connectivity index (χ2n) is 5.54. The van der Waals surface area contributed by atoms with Crippen LogP contribution in [0.1, 0.15) is 12.8 Å². The minimum absolute atomic E-state index is 0.911. The fraction of sp³-hybridized carbons (Fsp3) is 1.00. The van der Waals surface area contributed by atoms with Gasteiger partial charge in [0.15, 0.2) is 0 Å². The van der Waals surface area contributed by atoms with Crippen LogP contribution in [0, 0.1) is 5.92 Å². The Morgan fingerprint density at radius 2 is 1.82 bits per heavy atom. The van der Waals surface area contributed by atoms with Crippen molar-refractivity contribution in [1.82, 2.24) is 20.4 Å². The lowest BCUT2D eigenvalue weighted by molar-refractivity contribution is 0.209. The van der Waals surface area contributed by atoms with E-state index in [9.17, 15) is 0 Å². The lowest BCUT2D eigenvalue weighted by Gasteiger charge is -2.30. The van der Waals surface area contributed by atoms with Crippen LogP contribution >= 0.6 is 0 Å². The highest BCUT2D eigenvalue weighted by Crippen LogP contribution is 2.14. The molecule has 100 valence electrons. The molecule has 2 aliphatic heterocycles. The average Bonchev–Trinajstić information content (AvgIpc) is 2.38. The molecule has 2 saturated heterocycles. The monoisotopic (exact) mass is 240 g/mol. The largest absolute Gasteiger partial charge is 0.315 e. The molecule has 2 fully saturated rings. The fourth-order valence-electron chi connectivity index (χ4n) is 2.74. The molecule has 0 unspecified atom stereocenters. The molecule has 0 aromatic carbocycles. The molecule has 0 aromatic rings. The molecule has 17 heavy (non-hydrogen) atoms. The number of likely N-dealkylation sites (tertiary alicyclic amines) is 1. The van der Waals surface area contributed by atoms with Crippen molar-refractivity contribution in [3.63, 3.8) is 0 Å². The van der Waals surface area contributed by atoms with E-state index in [1.807, 2.05) is 0 Å². The summed E-state index contributed by atoms with van der Waals surface area (Å²) in [6, 6.07) is 0. The van der Waals surface area contributed by atoms with Crippen LogP contribution in [0.4, 0.5) is 0 Å². The average molecular weight is 240 g/mol. The highest BCUT2D eigenvalue weighted by atomic mass is 15.2. The molecule has 0 spiro atoms. The van der Waals surface area contributed by atoms with Crippen molar-refractivity contribution >= 4 is 0 Å². The van der Waals surface area contributed by atoms with E-state index in [1.165, 1.54) is 52.1 Å². The first-order valence-electron chi connectivity index (χ1n) is 7.17. The minimum Gasteiger partial charge on any atom is -0.315 e. The van der Waals surface area contributed by atoms with E-state index in [4.69, 9.17) is 0 Å². The molecule has 2 heterocycles. The van der Waals surface area contributed by atoms with Crippen LogP contribution in [0.15, 0.2) is 0 Å². The lowest BCUT2D eigenvalue weighted by Crippen LogP contribution is -2.46. The van der Waals surface area contributed by atoms with Crippen molar-refractivity contribution in [2.24, 2.45) is 5.92 Å². The highest BCUT2D eigenvalue weighted by molar-refractivity contribution is 4.73. The Balaban J connectivity index is 1.48. The van der Waals surface area contributed by atoms with Gasteiger partial charge in [0.1, 0.15) is 0 Å². The van der Waals surface area contributed by atoms with Crippen molar-refractivity contribution in [3.8, 4) is 0 Å². The Hall–Kier alpha value is -0.160. The second kappa shape index (κ2) is 7.31. The number of hydrogen-bond acceptors (Lipinski definition) is 4. The number of hydrogen-bond donors (Lipinski definition) is 2. The standard InChI is InChI=1S/C13H28N4/c1-16-7-2-13(3-8-16)12-15-6-11-17-9-4-14-5-10-17/h13-15H,2-12H2,1H3. The first-order valence-corrected chi connectivity index (χ1v) is 7.17. The zero-order valence-electron chi connectivity index (χ0n) is 11.2. The normalized spacial score (nSPS) is 25.2. The van der Waals surface area contributed by atoms with Crippen molar-refractivity contribution in [3.05, 3.63) is 0 Å². The predicted molar refractivity (Wildman–Crippen MR) is 72.4 cm³/mol. The van der Waals surface area contributed by atoms with Gasteiger partial charge < -0.3 is 15.5 Å². The molecule has 0 saturated carbocycles. The summed E-state index contributed by atoms with van der Waals surface area (Å²) in [5.74, 6) is 0.911. The van der Waals surface area contributed by atoms with Gasteiger partial charge in [-0.2, -0.15) is 0 Å². The van der Waals surface area contributed by atoms with Crippen molar-refractivity contribution in [2.75, 3.05) is 66.0 Å². The number of piperidine rings is 1. The predicted octanol–water partition coefficient (Wildman–Crippen LogP) is -0.177. The van der Waals surface area contributed by atoms with Gasteiger partial charge in [-0.1, -0.05) is 0 Å². The molecular formula is C13H28N4. The van der Waals surface area contributed by atoms with Crippen LogP contribution in [-0.4, -0.2) is 75.8 Å². The van der Waals surface area contributed by atoms with Gasteiger partial charge in [0.2, 0.25) is 0 Å². The van der Waals surface area contributed by atoms with Crippen LogP contribution < -0.4 is 10.6 Å². The van der Waals surface area contributed by atoms with E-state index in [2.05, 4.69) is 27.5 Å². The van der Waals surface area contributed by atoms with Crippen molar-refractivity contribution < 1.29 is 0 Å². The molecule has 4 heteroatoms. The SMILES string of the molecule is CN1CCC(CNCCN2CCNCC2)CC1. The number of piperazine rings is 1. The summed E-state index contributed by atoms with van der Waals surface area (Å²) in [5.41, 5.74) is 0. The summed E-state index contributed by atoms with van der Waals surface area (Å²) < 4.78 is 0. The Bertz CT molecular complexity index is 196. The highest BCUT2D eigenvalue weighted by Gasteiger charge is 2.16. The van der Waals surface area contributed by atoms with E-state index in [-0.39, 0.29) is 0 Å². The smallest absolute Gasteiger partial charge is 0.0108 e. The van der Waals surface area contributed by atoms with Gasteiger partial charge in [0, 0.05) is 39.3 Å². The van der Waals surface area contributed by atoms with E-state index in [0.29, 0.717) is 0 Å². The van der Waals surface area contributed by atoms with Crippen LogP contribution in [-0.2, 0) is 0 Å². The maximum Gasteiger partial charge on any atom is 0.0108 e. The number of nitrogens with one attached hydrogen (secondary N) is 2. The second-order valence-corrected chi connectivity index (χ2v) is 5.54. The van der Waals surface area contributed by atoms with E-state index < -0.39 is 0 Å². The minimum atomic E-state index is 0.911. The summed E-state index contributed by atoms with van der Waals surface area (Å²) in [4.78, 5) is 5.00. The number of nitrogens with zero attached hydrogens (tertiary/aromatic N) is 2. The molecule has 0 radical (unpaired) electrons. The van der Waals surface area contributed by atoms with Crippen LogP contribution in [0.5, 0.6) is 0 Å². The quantitative estimate of drug-likeness (QED) is 0.653. The molecule has 0 atom stereocenters. The Morgan fingerprint density at radius 1 is 1.12 bits per heavy atom. The fourth-order valence-corrected chi connectivity index (χ4v) is 2.74. The summed E-state index contributed by atoms with van der Waals surface area (Å²) in [6.07, 6.45) is 2.74. The molecule has 0 amide bonds. The molecule has 4 nitrogen and oxygen atoms in total. The third-order valence-electron chi connectivity index (χ3n) is 4.09.